The van der Waals surface area contributed by atoms with Crippen LogP contribution in [0.4, 0.5) is 0 Å². The first-order chi connectivity index (χ1) is 18.7. The van der Waals surface area contributed by atoms with Gasteiger partial charge < -0.3 is 0 Å². The average Bonchev–Trinajstić information content (AvgIpc) is 2.92. The third-order valence-electron chi connectivity index (χ3n) is 6.91. The maximum atomic E-state index is 13.2. The first kappa shape index (κ1) is 37.3. The van der Waals surface area contributed by atoms with Crippen molar-refractivity contribution >= 4 is 7.82 Å². The van der Waals surface area contributed by atoms with E-state index in [0.717, 1.165) is 57.8 Å². The molecule has 224 valence electrons. The Hall–Kier alpha value is -0.670. The van der Waals surface area contributed by atoms with Crippen LogP contribution >= 0.6 is 7.82 Å². The van der Waals surface area contributed by atoms with Gasteiger partial charge in [-0.05, 0) is 57.8 Å². The molecule has 0 N–H and O–H groups in total. The summed E-state index contributed by atoms with van der Waals surface area (Å²) >= 11 is 0. The fraction of sp³-hybridized carbons (Fsp3) is 0.818. The van der Waals surface area contributed by atoms with Crippen LogP contribution in [0.3, 0.4) is 0 Å². The van der Waals surface area contributed by atoms with Gasteiger partial charge in [0.15, 0.2) is 0 Å². The maximum absolute atomic E-state index is 13.2. The van der Waals surface area contributed by atoms with E-state index in [2.05, 4.69) is 19.7 Å². The summed E-state index contributed by atoms with van der Waals surface area (Å²) in [6, 6.07) is 0. The van der Waals surface area contributed by atoms with E-state index in [1.807, 2.05) is 18.2 Å². The van der Waals surface area contributed by atoms with E-state index in [0.29, 0.717) is 19.8 Å². The van der Waals surface area contributed by atoms with Crippen LogP contribution in [0.1, 0.15) is 154 Å². The van der Waals surface area contributed by atoms with E-state index in [1.54, 1.807) is 0 Å². The zero-order valence-corrected chi connectivity index (χ0v) is 25.9. The Labute approximate surface area is 237 Å². The Balaban J connectivity index is 4.09. The molecule has 0 aromatic carbocycles. The standard InChI is InChI=1S/C33H63O4P/c1-4-7-10-13-16-19-22-25-28-31-35-38(34,36-32-29-26-23-20-17-14-11-8-5-2)37-33-30-27-24-21-18-15-12-9-6-3/h4-6H,1-3,7-33H2. The molecule has 38 heavy (non-hydrogen) atoms. The molecule has 0 unspecified atom stereocenters. The van der Waals surface area contributed by atoms with Crippen LogP contribution in [0.25, 0.3) is 0 Å². The Kier molecular flexibility index (Phi) is 30.3. The highest BCUT2D eigenvalue weighted by Crippen LogP contribution is 2.50. The second-order valence-electron chi connectivity index (χ2n) is 10.6. The number of unbranched alkanes of at least 4 members (excludes halogenated alkanes) is 21. The first-order valence-corrected chi connectivity index (χ1v) is 17.5. The average molecular weight is 555 g/mol. The molecule has 0 aromatic heterocycles. The van der Waals surface area contributed by atoms with Gasteiger partial charge in [-0.3, -0.25) is 13.6 Å². The largest absolute Gasteiger partial charge is 0.474 e. The second kappa shape index (κ2) is 30.9. The lowest BCUT2D eigenvalue weighted by atomic mass is 10.1. The van der Waals surface area contributed by atoms with Crippen molar-refractivity contribution in [2.75, 3.05) is 19.8 Å². The minimum Gasteiger partial charge on any atom is -0.287 e. The van der Waals surface area contributed by atoms with Gasteiger partial charge in [0.1, 0.15) is 0 Å². The van der Waals surface area contributed by atoms with Gasteiger partial charge in [0.05, 0.1) is 19.8 Å². The van der Waals surface area contributed by atoms with E-state index < -0.39 is 7.82 Å². The SMILES string of the molecule is C=CCCCCCCCCCOP(=O)(OCCCCCCCCCC=C)OCCCCCCCCCC=C. The highest BCUT2D eigenvalue weighted by Gasteiger charge is 2.26. The molecule has 0 aromatic rings. The molecule has 0 saturated heterocycles. The van der Waals surface area contributed by atoms with Gasteiger partial charge in [-0.25, -0.2) is 4.57 Å². The molecular weight excluding hydrogens is 491 g/mol. The summed E-state index contributed by atoms with van der Waals surface area (Å²) in [5.74, 6) is 0. The van der Waals surface area contributed by atoms with E-state index in [-0.39, 0.29) is 0 Å². The van der Waals surface area contributed by atoms with Crippen molar-refractivity contribution in [3.63, 3.8) is 0 Å². The second-order valence-corrected chi connectivity index (χ2v) is 12.3. The van der Waals surface area contributed by atoms with Crippen LogP contribution in [0, 0.1) is 0 Å². The predicted molar refractivity (Wildman–Crippen MR) is 167 cm³/mol. The van der Waals surface area contributed by atoms with Crippen molar-refractivity contribution < 1.29 is 18.1 Å². The molecule has 0 rings (SSSR count). The number of allylic oxidation sites excluding steroid dienone is 3. The summed E-state index contributed by atoms with van der Waals surface area (Å²) in [6.07, 6.45) is 34.2. The predicted octanol–water partition coefficient (Wildman–Crippen LogP) is 12.1. The van der Waals surface area contributed by atoms with E-state index >= 15 is 0 Å². The third-order valence-corrected chi connectivity index (χ3v) is 8.40. The molecule has 0 heterocycles. The molecule has 0 bridgehead atoms. The molecule has 0 aliphatic carbocycles. The molecule has 0 amide bonds. The van der Waals surface area contributed by atoms with Crippen molar-refractivity contribution in [1.29, 1.82) is 0 Å². The summed E-state index contributed by atoms with van der Waals surface area (Å²) in [7, 11) is -3.47. The molecule has 0 atom stereocenters. The summed E-state index contributed by atoms with van der Waals surface area (Å²) in [5, 5.41) is 0. The summed E-state index contributed by atoms with van der Waals surface area (Å²) in [5.41, 5.74) is 0. The number of rotatable bonds is 33. The summed E-state index contributed by atoms with van der Waals surface area (Å²) < 4.78 is 30.4. The fourth-order valence-electron chi connectivity index (χ4n) is 4.46. The molecule has 0 aliphatic heterocycles. The molecule has 0 radical (unpaired) electrons. The molecule has 0 saturated carbocycles. The third kappa shape index (κ3) is 28.3. The van der Waals surface area contributed by atoms with E-state index in [9.17, 15) is 4.57 Å². The van der Waals surface area contributed by atoms with Gasteiger partial charge in [-0.2, -0.15) is 0 Å². The van der Waals surface area contributed by atoms with Gasteiger partial charge in [0.2, 0.25) is 0 Å². The normalized spacial score (nSPS) is 11.6. The first-order valence-electron chi connectivity index (χ1n) is 16.0. The lowest BCUT2D eigenvalue weighted by molar-refractivity contribution is 0.108. The van der Waals surface area contributed by atoms with Crippen LogP contribution in [0.2, 0.25) is 0 Å². The monoisotopic (exact) mass is 554 g/mol. The van der Waals surface area contributed by atoms with Gasteiger partial charge >= 0.3 is 7.82 Å². The summed E-state index contributed by atoms with van der Waals surface area (Å²) in [4.78, 5) is 0. The fourth-order valence-corrected chi connectivity index (χ4v) is 5.75. The Morgan fingerprint density at radius 1 is 0.368 bits per heavy atom. The molecule has 0 fully saturated rings. The molecule has 0 aliphatic rings. The van der Waals surface area contributed by atoms with Crippen LogP contribution in [-0.4, -0.2) is 19.8 Å². The minimum absolute atomic E-state index is 0.448. The van der Waals surface area contributed by atoms with Gasteiger partial charge in [-0.1, -0.05) is 115 Å². The van der Waals surface area contributed by atoms with Crippen LogP contribution in [-0.2, 0) is 18.1 Å². The van der Waals surface area contributed by atoms with E-state index in [1.165, 1.54) is 96.3 Å². The molecular formula is C33H63O4P. The number of hydrogen-bond donors (Lipinski definition) is 0. The highest BCUT2D eigenvalue weighted by molar-refractivity contribution is 7.48. The van der Waals surface area contributed by atoms with Crippen LogP contribution in [0.5, 0.6) is 0 Å². The highest BCUT2D eigenvalue weighted by atomic mass is 31.2. The molecule has 4 nitrogen and oxygen atoms in total. The number of phosphoric acid groups is 1. The molecule has 0 spiro atoms. The van der Waals surface area contributed by atoms with Crippen molar-refractivity contribution in [2.24, 2.45) is 0 Å². The van der Waals surface area contributed by atoms with Crippen molar-refractivity contribution in [2.45, 2.75) is 154 Å². The molecule has 5 heteroatoms. The zero-order chi connectivity index (χ0) is 27.8. The number of hydrogen-bond acceptors (Lipinski definition) is 4. The smallest absolute Gasteiger partial charge is 0.287 e. The van der Waals surface area contributed by atoms with Crippen molar-refractivity contribution in [1.82, 2.24) is 0 Å². The topological polar surface area (TPSA) is 44.8 Å². The maximum Gasteiger partial charge on any atom is 0.474 e. The van der Waals surface area contributed by atoms with E-state index in [4.69, 9.17) is 13.6 Å². The Morgan fingerprint density at radius 3 is 0.816 bits per heavy atom. The Morgan fingerprint density at radius 2 is 0.579 bits per heavy atom. The number of phosphoric ester groups is 1. The minimum atomic E-state index is -3.47. The van der Waals surface area contributed by atoms with Crippen LogP contribution < -0.4 is 0 Å². The van der Waals surface area contributed by atoms with Crippen molar-refractivity contribution in [3.05, 3.63) is 38.0 Å². The lowest BCUT2D eigenvalue weighted by Gasteiger charge is -2.18. The van der Waals surface area contributed by atoms with Crippen LogP contribution in [0.15, 0.2) is 38.0 Å². The van der Waals surface area contributed by atoms with Gasteiger partial charge in [-0.15, -0.1) is 19.7 Å². The van der Waals surface area contributed by atoms with Gasteiger partial charge in [0, 0.05) is 0 Å². The van der Waals surface area contributed by atoms with Crippen molar-refractivity contribution in [3.8, 4) is 0 Å². The quantitative estimate of drug-likeness (QED) is 0.0460. The zero-order valence-electron chi connectivity index (χ0n) is 25.0. The summed E-state index contributed by atoms with van der Waals surface area (Å²) in [6.45, 7) is 12.7. The lowest BCUT2D eigenvalue weighted by Crippen LogP contribution is -2.04. The van der Waals surface area contributed by atoms with Gasteiger partial charge in [0.25, 0.3) is 0 Å². The Bertz CT molecular complexity index is 487.